The number of methoxy groups -OCH3 is 1. The molecule has 0 aliphatic rings. The van der Waals surface area contributed by atoms with Crippen LogP contribution in [0.25, 0.3) is 16.8 Å². The molecule has 1 atom stereocenters. The molecule has 3 rings (SSSR count). The van der Waals surface area contributed by atoms with Crippen molar-refractivity contribution in [1.29, 1.82) is 0 Å². The van der Waals surface area contributed by atoms with E-state index < -0.39 is 29.4 Å². The molecule has 0 radical (unpaired) electrons. The van der Waals surface area contributed by atoms with Crippen molar-refractivity contribution in [3.63, 3.8) is 0 Å². The third-order valence-corrected chi connectivity index (χ3v) is 4.83. The number of hydrogen-bond acceptors (Lipinski definition) is 5. The number of hydrogen-bond donors (Lipinski definition) is 1. The summed E-state index contributed by atoms with van der Waals surface area (Å²) in [4.78, 5) is 24.4. The van der Waals surface area contributed by atoms with Crippen LogP contribution in [0, 0.1) is 0 Å². The van der Waals surface area contributed by atoms with Crippen molar-refractivity contribution in [3.05, 3.63) is 57.7 Å². The Kier molecular flexibility index (Phi) is 6.07. The van der Waals surface area contributed by atoms with Gasteiger partial charge < -0.3 is 10.5 Å². The Hall–Kier alpha value is -3.34. The van der Waals surface area contributed by atoms with E-state index >= 15 is 0 Å². The van der Waals surface area contributed by atoms with Crippen molar-refractivity contribution in [2.45, 2.75) is 25.6 Å². The quantitative estimate of drug-likeness (QED) is 0.614. The Morgan fingerprint density at radius 1 is 1.26 bits per heavy atom. The number of carbonyl (C=O) groups is 1. The fourth-order valence-corrected chi connectivity index (χ4v) is 3.29. The van der Waals surface area contributed by atoms with Gasteiger partial charge in [-0.25, -0.2) is 4.68 Å². The smallest absolute Gasteiger partial charge is 0.436 e. The van der Waals surface area contributed by atoms with Gasteiger partial charge in [0.1, 0.15) is 11.8 Å². The second-order valence-electron chi connectivity index (χ2n) is 6.53. The summed E-state index contributed by atoms with van der Waals surface area (Å²) in [5.41, 5.74) is 4.35. The van der Waals surface area contributed by atoms with Gasteiger partial charge in [0.25, 0.3) is 5.56 Å². The van der Waals surface area contributed by atoms with E-state index in [0.717, 1.165) is 15.4 Å². The Morgan fingerprint density at radius 3 is 2.52 bits per heavy atom. The first-order valence-corrected chi connectivity index (χ1v) is 9.34. The molecule has 8 nitrogen and oxygen atoms in total. The van der Waals surface area contributed by atoms with Crippen molar-refractivity contribution in [2.75, 3.05) is 7.11 Å². The largest absolute Gasteiger partial charge is 0.495 e. The lowest BCUT2D eigenvalue weighted by Crippen LogP contribution is -2.33. The molecule has 0 saturated heterocycles. The van der Waals surface area contributed by atoms with Crippen LogP contribution in [-0.2, 0) is 11.0 Å². The third kappa shape index (κ3) is 4.41. The Balaban J connectivity index is 2.23. The molecule has 0 spiro atoms. The number of benzene rings is 1. The van der Waals surface area contributed by atoms with Gasteiger partial charge >= 0.3 is 6.18 Å². The number of halogens is 4. The van der Waals surface area contributed by atoms with Crippen LogP contribution in [0.4, 0.5) is 13.2 Å². The van der Waals surface area contributed by atoms with Gasteiger partial charge in [-0.05, 0) is 24.6 Å². The topological polar surface area (TPSA) is 105 Å². The first kappa shape index (κ1) is 22.3. The molecule has 0 fully saturated rings. The molecular formula is C19H17ClF3N5O3. The highest BCUT2D eigenvalue weighted by Crippen LogP contribution is 2.36. The predicted molar refractivity (Wildman–Crippen MR) is 106 cm³/mol. The molecule has 2 aromatic heterocycles. The van der Waals surface area contributed by atoms with Gasteiger partial charge in [0, 0.05) is 22.2 Å². The lowest BCUT2D eigenvalue weighted by Gasteiger charge is -2.19. The summed E-state index contributed by atoms with van der Waals surface area (Å²) in [7, 11) is 1.35. The molecule has 2 N–H and O–H groups in total. The zero-order valence-electron chi connectivity index (χ0n) is 16.4. The number of primary amides is 1. The maximum atomic E-state index is 13.0. The second kappa shape index (κ2) is 8.42. The van der Waals surface area contributed by atoms with Crippen LogP contribution >= 0.6 is 11.6 Å². The van der Waals surface area contributed by atoms with Crippen LogP contribution in [0.1, 0.15) is 25.1 Å². The number of rotatable bonds is 6. The number of pyridine rings is 1. The molecule has 0 unspecified atom stereocenters. The van der Waals surface area contributed by atoms with Gasteiger partial charge in [0.15, 0.2) is 5.69 Å². The summed E-state index contributed by atoms with van der Waals surface area (Å²) in [6.07, 6.45) is -2.35. The van der Waals surface area contributed by atoms with Crippen LogP contribution in [0.5, 0.6) is 5.75 Å². The van der Waals surface area contributed by atoms with E-state index in [2.05, 4.69) is 10.3 Å². The van der Waals surface area contributed by atoms with Gasteiger partial charge in [-0.3, -0.25) is 14.2 Å². The minimum Gasteiger partial charge on any atom is -0.495 e. The molecule has 0 saturated carbocycles. The van der Waals surface area contributed by atoms with E-state index in [1.165, 1.54) is 37.6 Å². The van der Waals surface area contributed by atoms with E-state index in [1.54, 1.807) is 6.92 Å². The zero-order chi connectivity index (χ0) is 22.9. The number of aromatic nitrogens is 4. The minimum absolute atomic E-state index is 0.180. The summed E-state index contributed by atoms with van der Waals surface area (Å²) < 4.78 is 46.3. The van der Waals surface area contributed by atoms with Gasteiger partial charge in [-0.15, -0.1) is 5.10 Å². The number of nitrogens with zero attached hydrogens (tertiary/aromatic N) is 4. The highest BCUT2D eigenvalue weighted by atomic mass is 35.5. The zero-order valence-corrected chi connectivity index (χ0v) is 17.1. The molecular weight excluding hydrogens is 439 g/mol. The van der Waals surface area contributed by atoms with Gasteiger partial charge in [0.05, 0.1) is 25.2 Å². The maximum Gasteiger partial charge on any atom is 0.436 e. The van der Waals surface area contributed by atoms with Crippen LogP contribution in [0.3, 0.4) is 0 Å². The fourth-order valence-electron chi connectivity index (χ4n) is 3.12. The van der Waals surface area contributed by atoms with E-state index in [1.807, 2.05) is 0 Å². The van der Waals surface area contributed by atoms with Crippen LogP contribution in [-0.4, -0.2) is 32.6 Å². The Bertz CT molecular complexity index is 1190. The summed E-state index contributed by atoms with van der Waals surface area (Å²) in [5, 5.41) is 6.97. The van der Waals surface area contributed by atoms with E-state index in [9.17, 15) is 22.8 Å². The molecule has 1 amide bonds. The first-order chi connectivity index (χ1) is 14.6. The molecule has 12 heteroatoms. The number of nitrogens with two attached hydrogens (primary N) is 1. The summed E-state index contributed by atoms with van der Waals surface area (Å²) >= 11 is 6.10. The van der Waals surface area contributed by atoms with Crippen LogP contribution < -0.4 is 16.0 Å². The molecule has 0 aliphatic heterocycles. The van der Waals surface area contributed by atoms with E-state index in [0.29, 0.717) is 0 Å². The minimum atomic E-state index is -4.67. The lowest BCUT2D eigenvalue weighted by molar-refractivity contribution is -0.141. The summed E-state index contributed by atoms with van der Waals surface area (Å²) in [6.45, 7) is 1.69. The molecule has 2 heterocycles. The Labute approximate surface area is 179 Å². The number of carbonyl (C=O) groups excluding carboxylic acids is 1. The molecule has 31 heavy (non-hydrogen) atoms. The van der Waals surface area contributed by atoms with E-state index in [-0.39, 0.29) is 34.0 Å². The number of alkyl halides is 3. The number of amides is 1. The van der Waals surface area contributed by atoms with E-state index in [4.69, 9.17) is 22.1 Å². The highest BCUT2D eigenvalue weighted by molar-refractivity contribution is 6.31. The predicted octanol–water partition coefficient (Wildman–Crippen LogP) is 3.21. The van der Waals surface area contributed by atoms with Gasteiger partial charge in [-0.2, -0.15) is 13.2 Å². The lowest BCUT2D eigenvalue weighted by atomic mass is 10.0. The van der Waals surface area contributed by atoms with Crippen LogP contribution in [0.15, 0.2) is 41.5 Å². The highest BCUT2D eigenvalue weighted by Gasteiger charge is 2.35. The Morgan fingerprint density at radius 2 is 1.97 bits per heavy atom. The number of ether oxygens (including phenoxy) is 1. The molecule has 164 valence electrons. The fraction of sp³-hybridized carbons (Fsp3) is 0.263. The molecule has 0 aliphatic carbocycles. The third-order valence-electron chi connectivity index (χ3n) is 4.59. The summed E-state index contributed by atoms with van der Waals surface area (Å²) in [5.74, 6) is -0.510. The van der Waals surface area contributed by atoms with Crippen molar-refractivity contribution < 1.29 is 22.7 Å². The van der Waals surface area contributed by atoms with Crippen molar-refractivity contribution in [1.82, 2.24) is 19.6 Å². The maximum absolute atomic E-state index is 13.0. The molecule has 3 aromatic rings. The van der Waals surface area contributed by atoms with Crippen molar-refractivity contribution >= 4 is 17.5 Å². The average molecular weight is 456 g/mol. The second-order valence-corrected chi connectivity index (χ2v) is 6.97. The van der Waals surface area contributed by atoms with Crippen molar-refractivity contribution in [2.24, 2.45) is 5.73 Å². The normalized spacial score (nSPS) is 12.6. The molecule has 0 bridgehead atoms. The average Bonchev–Trinajstić information content (AvgIpc) is 3.19. The monoisotopic (exact) mass is 455 g/mol. The SMILES string of the molecule is CC[C@@H](C(N)=O)n1cc(OC)c(-c2cc(Cl)ccc2-n2cc(C(F)(F)F)nn2)cc1=O. The first-order valence-electron chi connectivity index (χ1n) is 8.96. The standard InChI is InChI=1S/C19H17ClF3N5O3/c1-3-13(18(24)30)27-8-15(31-2)12(7-17(27)29)11-6-10(20)4-5-14(11)28-9-16(25-26-28)19(21,22)23/h4-9,13H,3H2,1-2H3,(H2,24,30)/t13-/m0/s1. The van der Waals surface area contributed by atoms with Crippen LogP contribution in [0.2, 0.25) is 5.02 Å². The van der Waals surface area contributed by atoms with Gasteiger partial charge in [-0.1, -0.05) is 23.7 Å². The van der Waals surface area contributed by atoms with Crippen molar-refractivity contribution in [3.8, 4) is 22.6 Å². The summed E-state index contributed by atoms with van der Waals surface area (Å²) in [6, 6.07) is 4.66. The molecule has 1 aromatic carbocycles. The van der Waals surface area contributed by atoms with Gasteiger partial charge in [0.2, 0.25) is 5.91 Å².